The minimum Gasteiger partial charge on any atom is -0.379 e. The number of morpholine rings is 1. The standard InChI is InChI=1S/C22H32N6O3/c1-4-22(3,27-11-13-31-14-12-27)16-23-21(30)26-19-8-5-7-18(15-19)25-20(29)17(2)28-10-6-9-24-28/h5-10,15,17H,4,11-14,16H2,1-3H3,(H,25,29)(H2,23,26,30)/t17-,22+/m0/s1. The maximum absolute atomic E-state index is 12.5. The van der Waals surface area contributed by atoms with Crippen molar-refractivity contribution >= 4 is 23.3 Å². The number of carbonyl (C=O) groups excluding carboxylic acids is 2. The Hall–Kier alpha value is -2.91. The van der Waals surface area contributed by atoms with Crippen molar-refractivity contribution in [3.63, 3.8) is 0 Å². The number of nitrogens with one attached hydrogen (secondary N) is 3. The van der Waals surface area contributed by atoms with Gasteiger partial charge in [-0.05, 0) is 44.5 Å². The molecule has 2 heterocycles. The highest BCUT2D eigenvalue weighted by molar-refractivity contribution is 5.95. The van der Waals surface area contributed by atoms with E-state index in [1.54, 1.807) is 54.3 Å². The molecule has 2 aromatic rings. The van der Waals surface area contributed by atoms with Crippen LogP contribution in [0.2, 0.25) is 0 Å². The van der Waals surface area contributed by atoms with Crippen molar-refractivity contribution in [2.24, 2.45) is 0 Å². The predicted molar refractivity (Wildman–Crippen MR) is 120 cm³/mol. The van der Waals surface area contributed by atoms with Gasteiger partial charge in [0.15, 0.2) is 0 Å². The van der Waals surface area contributed by atoms with Crippen molar-refractivity contribution in [2.75, 3.05) is 43.5 Å². The lowest BCUT2D eigenvalue weighted by molar-refractivity contribution is -0.119. The molecule has 0 unspecified atom stereocenters. The second-order valence-corrected chi connectivity index (χ2v) is 7.99. The maximum Gasteiger partial charge on any atom is 0.319 e. The number of benzene rings is 1. The second kappa shape index (κ2) is 10.4. The Morgan fingerprint density at radius 3 is 2.55 bits per heavy atom. The third-order valence-corrected chi connectivity index (χ3v) is 5.86. The zero-order valence-electron chi connectivity index (χ0n) is 18.4. The zero-order valence-corrected chi connectivity index (χ0v) is 18.4. The fourth-order valence-electron chi connectivity index (χ4n) is 3.56. The van der Waals surface area contributed by atoms with Gasteiger partial charge in [0.2, 0.25) is 5.91 Å². The third kappa shape index (κ3) is 6.05. The van der Waals surface area contributed by atoms with Crippen LogP contribution >= 0.6 is 0 Å². The molecule has 1 aliphatic rings. The molecule has 2 atom stereocenters. The molecule has 1 aliphatic heterocycles. The third-order valence-electron chi connectivity index (χ3n) is 5.86. The topological polar surface area (TPSA) is 101 Å². The quantitative estimate of drug-likeness (QED) is 0.600. The summed E-state index contributed by atoms with van der Waals surface area (Å²) in [5, 5.41) is 12.8. The molecule has 0 spiro atoms. The number of amides is 3. The molecular formula is C22H32N6O3. The first-order valence-corrected chi connectivity index (χ1v) is 10.7. The van der Waals surface area contributed by atoms with Gasteiger partial charge in [0.1, 0.15) is 6.04 Å². The molecule has 1 aromatic heterocycles. The van der Waals surface area contributed by atoms with Crippen molar-refractivity contribution in [3.8, 4) is 0 Å². The first-order valence-electron chi connectivity index (χ1n) is 10.7. The summed E-state index contributed by atoms with van der Waals surface area (Å²) < 4.78 is 7.03. The van der Waals surface area contributed by atoms with Crippen LogP contribution in [0.15, 0.2) is 42.7 Å². The van der Waals surface area contributed by atoms with E-state index in [0.29, 0.717) is 17.9 Å². The summed E-state index contributed by atoms with van der Waals surface area (Å²) in [6.07, 6.45) is 4.30. The van der Waals surface area contributed by atoms with E-state index in [1.165, 1.54) is 0 Å². The first-order chi connectivity index (χ1) is 14.9. The van der Waals surface area contributed by atoms with E-state index in [0.717, 1.165) is 32.7 Å². The van der Waals surface area contributed by atoms with E-state index >= 15 is 0 Å². The summed E-state index contributed by atoms with van der Waals surface area (Å²) in [5.41, 5.74) is 1.08. The van der Waals surface area contributed by atoms with Gasteiger partial charge in [-0.3, -0.25) is 14.4 Å². The fourth-order valence-corrected chi connectivity index (χ4v) is 3.56. The number of hydrogen-bond acceptors (Lipinski definition) is 5. The van der Waals surface area contributed by atoms with Crippen LogP contribution in [0, 0.1) is 0 Å². The Kier molecular flexibility index (Phi) is 7.64. The van der Waals surface area contributed by atoms with E-state index in [4.69, 9.17) is 4.74 Å². The summed E-state index contributed by atoms with van der Waals surface area (Å²) in [5.74, 6) is -0.186. The lowest BCUT2D eigenvalue weighted by atomic mass is 9.95. The van der Waals surface area contributed by atoms with Gasteiger partial charge < -0.3 is 20.7 Å². The molecule has 3 N–H and O–H groups in total. The molecule has 168 valence electrons. The van der Waals surface area contributed by atoms with Crippen LogP contribution in [-0.2, 0) is 9.53 Å². The summed E-state index contributed by atoms with van der Waals surface area (Å²) in [7, 11) is 0. The van der Waals surface area contributed by atoms with E-state index in [-0.39, 0.29) is 17.5 Å². The Morgan fingerprint density at radius 1 is 1.19 bits per heavy atom. The lowest BCUT2D eigenvalue weighted by Gasteiger charge is -2.43. The molecule has 0 aliphatic carbocycles. The van der Waals surface area contributed by atoms with Gasteiger partial charge in [0.25, 0.3) is 0 Å². The average molecular weight is 429 g/mol. The molecule has 1 saturated heterocycles. The minimum absolute atomic E-state index is 0.125. The van der Waals surface area contributed by atoms with Crippen molar-refractivity contribution < 1.29 is 14.3 Å². The summed E-state index contributed by atoms with van der Waals surface area (Å²) >= 11 is 0. The SMILES string of the molecule is CC[C@](C)(CNC(=O)Nc1cccc(NC(=O)[C@H](C)n2cccn2)c1)N1CCOCC1. The van der Waals surface area contributed by atoms with Gasteiger partial charge in [-0.2, -0.15) is 5.10 Å². The van der Waals surface area contributed by atoms with Crippen molar-refractivity contribution in [1.29, 1.82) is 0 Å². The van der Waals surface area contributed by atoms with Crippen LogP contribution in [-0.4, -0.2) is 65.0 Å². The molecule has 3 amide bonds. The largest absolute Gasteiger partial charge is 0.379 e. The van der Waals surface area contributed by atoms with Gasteiger partial charge in [-0.15, -0.1) is 0 Å². The van der Waals surface area contributed by atoms with E-state index in [1.807, 2.05) is 0 Å². The number of carbonyl (C=O) groups is 2. The molecule has 1 fully saturated rings. The Labute approximate surface area is 183 Å². The lowest BCUT2D eigenvalue weighted by Crippen LogP contribution is -2.57. The summed E-state index contributed by atoms with van der Waals surface area (Å²) in [4.78, 5) is 27.3. The molecule has 9 heteroatoms. The van der Waals surface area contributed by atoms with Crippen molar-refractivity contribution in [1.82, 2.24) is 20.0 Å². The van der Waals surface area contributed by atoms with Crippen LogP contribution in [0.3, 0.4) is 0 Å². The maximum atomic E-state index is 12.5. The highest BCUT2D eigenvalue weighted by Gasteiger charge is 2.31. The highest BCUT2D eigenvalue weighted by atomic mass is 16.5. The molecule has 0 bridgehead atoms. The van der Waals surface area contributed by atoms with Crippen LogP contribution in [0.5, 0.6) is 0 Å². The molecule has 3 rings (SSSR count). The monoisotopic (exact) mass is 428 g/mol. The predicted octanol–water partition coefficient (Wildman–Crippen LogP) is 2.71. The average Bonchev–Trinajstić information content (AvgIpc) is 3.33. The number of aromatic nitrogens is 2. The van der Waals surface area contributed by atoms with Crippen LogP contribution in [0.4, 0.5) is 16.2 Å². The molecule has 1 aromatic carbocycles. The number of ether oxygens (including phenoxy) is 1. The van der Waals surface area contributed by atoms with Gasteiger partial charge in [0.05, 0.1) is 13.2 Å². The number of nitrogens with zero attached hydrogens (tertiary/aromatic N) is 3. The zero-order chi connectivity index (χ0) is 22.3. The number of anilines is 2. The first kappa shape index (κ1) is 22.8. The molecular weight excluding hydrogens is 396 g/mol. The normalized spacial score (nSPS) is 17.4. The molecule has 31 heavy (non-hydrogen) atoms. The second-order valence-electron chi connectivity index (χ2n) is 7.99. The Balaban J connectivity index is 1.53. The fraction of sp³-hybridized carbons (Fsp3) is 0.500. The summed E-state index contributed by atoms with van der Waals surface area (Å²) in [6, 6.07) is 8.14. The van der Waals surface area contributed by atoms with E-state index < -0.39 is 6.04 Å². The van der Waals surface area contributed by atoms with Gasteiger partial charge in [-0.1, -0.05) is 13.0 Å². The van der Waals surface area contributed by atoms with Crippen LogP contribution in [0.1, 0.15) is 33.2 Å². The summed E-state index contributed by atoms with van der Waals surface area (Å²) in [6.45, 7) is 9.78. The van der Waals surface area contributed by atoms with Gasteiger partial charge >= 0.3 is 6.03 Å². The van der Waals surface area contributed by atoms with Gasteiger partial charge in [-0.25, -0.2) is 4.79 Å². The van der Waals surface area contributed by atoms with E-state index in [9.17, 15) is 9.59 Å². The highest BCUT2D eigenvalue weighted by Crippen LogP contribution is 2.20. The Bertz CT molecular complexity index is 866. The minimum atomic E-state index is -0.443. The number of rotatable bonds is 8. The molecule has 9 nitrogen and oxygen atoms in total. The van der Waals surface area contributed by atoms with Crippen molar-refractivity contribution in [3.05, 3.63) is 42.7 Å². The number of urea groups is 1. The molecule has 0 saturated carbocycles. The van der Waals surface area contributed by atoms with Crippen LogP contribution < -0.4 is 16.0 Å². The van der Waals surface area contributed by atoms with Crippen molar-refractivity contribution in [2.45, 2.75) is 38.8 Å². The molecule has 0 radical (unpaired) electrons. The van der Waals surface area contributed by atoms with Gasteiger partial charge in [0, 0.05) is 48.9 Å². The van der Waals surface area contributed by atoms with Crippen LogP contribution in [0.25, 0.3) is 0 Å². The number of hydrogen-bond donors (Lipinski definition) is 3. The van der Waals surface area contributed by atoms with E-state index in [2.05, 4.69) is 39.8 Å². The Morgan fingerprint density at radius 2 is 1.90 bits per heavy atom. The smallest absolute Gasteiger partial charge is 0.319 e.